The van der Waals surface area contributed by atoms with Crippen LogP contribution in [-0.4, -0.2) is 41.9 Å². The van der Waals surface area contributed by atoms with E-state index in [4.69, 9.17) is 10.00 Å². The minimum atomic E-state index is -0.809. The molecule has 34 heavy (non-hydrogen) atoms. The maximum Gasteiger partial charge on any atom is 0.303 e. The molecule has 1 aromatic heterocycles. The van der Waals surface area contributed by atoms with Crippen LogP contribution >= 0.6 is 0 Å². The monoisotopic (exact) mass is 464 g/mol. The van der Waals surface area contributed by atoms with Crippen LogP contribution in [0.25, 0.3) is 0 Å². The molecular weight excluding hydrogens is 428 g/mol. The number of ether oxygens (including phenoxy) is 1. The van der Waals surface area contributed by atoms with Gasteiger partial charge in [0.1, 0.15) is 11.9 Å². The number of hydrogen-bond acceptors (Lipinski definition) is 6. The first-order chi connectivity index (χ1) is 16.3. The second kappa shape index (κ2) is 11.8. The number of benzene rings is 1. The van der Waals surface area contributed by atoms with E-state index in [1.165, 1.54) is 0 Å². The van der Waals surface area contributed by atoms with Gasteiger partial charge in [0.25, 0.3) is 0 Å². The van der Waals surface area contributed by atoms with Crippen LogP contribution in [0.5, 0.6) is 0 Å². The smallest absolute Gasteiger partial charge is 0.303 e. The lowest BCUT2D eigenvalue weighted by Gasteiger charge is -2.40. The van der Waals surface area contributed by atoms with E-state index in [1.54, 1.807) is 25.4 Å². The van der Waals surface area contributed by atoms with Crippen LogP contribution in [0.15, 0.2) is 36.5 Å². The Morgan fingerprint density at radius 1 is 1.24 bits per heavy atom. The van der Waals surface area contributed by atoms with Gasteiger partial charge in [0.15, 0.2) is 0 Å². The van der Waals surface area contributed by atoms with Crippen LogP contribution in [0.2, 0.25) is 0 Å². The molecule has 1 aliphatic carbocycles. The third-order valence-electron chi connectivity index (χ3n) is 6.51. The second-order valence-electron chi connectivity index (χ2n) is 9.66. The Hall–Kier alpha value is -3.11. The number of nitrogens with one attached hydrogen (secondary N) is 1. The molecule has 0 bridgehead atoms. The molecule has 0 radical (unpaired) electrons. The number of rotatable bonds is 10. The molecule has 0 unspecified atom stereocenters. The molecule has 2 aromatic rings. The van der Waals surface area contributed by atoms with Crippen molar-refractivity contribution in [3.05, 3.63) is 47.7 Å². The summed E-state index contributed by atoms with van der Waals surface area (Å²) in [5, 5.41) is 21.8. The van der Waals surface area contributed by atoms with Gasteiger partial charge in [0, 0.05) is 25.9 Å². The van der Waals surface area contributed by atoms with Crippen molar-refractivity contribution in [3.63, 3.8) is 0 Å². The Balaban J connectivity index is 1.99. The van der Waals surface area contributed by atoms with E-state index in [1.807, 2.05) is 6.92 Å². The highest BCUT2D eigenvalue weighted by Crippen LogP contribution is 2.37. The summed E-state index contributed by atoms with van der Waals surface area (Å²) in [6, 6.07) is 12.3. The number of nitrogens with zero attached hydrogens (tertiary/aromatic N) is 3. The van der Waals surface area contributed by atoms with Gasteiger partial charge < -0.3 is 20.1 Å². The Bertz CT molecular complexity index is 992. The van der Waals surface area contributed by atoms with Gasteiger partial charge >= 0.3 is 5.97 Å². The van der Waals surface area contributed by atoms with Crippen LogP contribution in [0.3, 0.4) is 0 Å². The quantitative estimate of drug-likeness (QED) is 0.466. The molecule has 1 atom stereocenters. The Morgan fingerprint density at radius 3 is 2.53 bits per heavy atom. The number of carboxylic acids is 1. The fourth-order valence-electron chi connectivity index (χ4n) is 4.69. The minimum Gasteiger partial charge on any atom is -0.481 e. The summed E-state index contributed by atoms with van der Waals surface area (Å²) >= 11 is 0. The van der Waals surface area contributed by atoms with Crippen molar-refractivity contribution in [3.8, 4) is 6.07 Å². The molecule has 0 spiro atoms. The predicted molar refractivity (Wildman–Crippen MR) is 135 cm³/mol. The summed E-state index contributed by atoms with van der Waals surface area (Å²) in [5.41, 5.74) is 3.47. The second-order valence-corrected chi connectivity index (χ2v) is 9.66. The van der Waals surface area contributed by atoms with Gasteiger partial charge in [0.05, 0.1) is 29.5 Å². The van der Waals surface area contributed by atoms with E-state index in [9.17, 15) is 9.90 Å². The van der Waals surface area contributed by atoms with Gasteiger partial charge in [-0.3, -0.25) is 4.79 Å². The van der Waals surface area contributed by atoms with E-state index in [-0.39, 0.29) is 12.3 Å². The molecule has 1 aromatic carbocycles. The third-order valence-corrected chi connectivity index (χ3v) is 6.51. The van der Waals surface area contributed by atoms with Crippen molar-refractivity contribution in [2.45, 2.75) is 70.9 Å². The molecule has 2 N–H and O–H groups in total. The zero-order valence-electron chi connectivity index (χ0n) is 20.6. The largest absolute Gasteiger partial charge is 0.481 e. The van der Waals surface area contributed by atoms with Crippen molar-refractivity contribution in [1.82, 2.24) is 4.98 Å². The lowest BCUT2D eigenvalue weighted by Crippen LogP contribution is -2.41. The number of methoxy groups -OCH3 is 1. The zero-order chi connectivity index (χ0) is 24.7. The van der Waals surface area contributed by atoms with Gasteiger partial charge in [0.2, 0.25) is 0 Å². The SMILES string of the molecule is COC1CCC(N(CC(C)C)c2ccc([C@H](C)CC(=O)O)cc2Nc2ccc(C#N)cn2)CC1. The number of carboxylic acid groups (broad SMARTS) is 1. The molecular formula is C27H36N4O3. The molecule has 1 aliphatic rings. The van der Waals surface area contributed by atoms with Gasteiger partial charge in [-0.1, -0.05) is 26.8 Å². The first kappa shape index (κ1) is 25.5. The lowest BCUT2D eigenvalue weighted by molar-refractivity contribution is -0.137. The van der Waals surface area contributed by atoms with Crippen LogP contribution in [0, 0.1) is 17.2 Å². The van der Waals surface area contributed by atoms with Crippen LogP contribution < -0.4 is 10.2 Å². The normalized spacial score (nSPS) is 18.8. The summed E-state index contributed by atoms with van der Waals surface area (Å²) < 4.78 is 5.59. The Labute approximate surface area is 202 Å². The van der Waals surface area contributed by atoms with Gasteiger partial charge in [-0.15, -0.1) is 0 Å². The fraction of sp³-hybridized carbons (Fsp3) is 0.519. The van der Waals surface area contributed by atoms with Gasteiger partial charge in [-0.05, 0) is 67.3 Å². The molecule has 1 saturated carbocycles. The summed E-state index contributed by atoms with van der Waals surface area (Å²) in [6.07, 6.45) is 6.18. The van der Waals surface area contributed by atoms with E-state index in [0.717, 1.165) is 49.2 Å². The highest BCUT2D eigenvalue weighted by Gasteiger charge is 2.28. The van der Waals surface area contributed by atoms with E-state index in [2.05, 4.69) is 53.3 Å². The lowest BCUT2D eigenvalue weighted by atomic mass is 9.90. The molecule has 182 valence electrons. The van der Waals surface area contributed by atoms with E-state index in [0.29, 0.717) is 29.4 Å². The summed E-state index contributed by atoms with van der Waals surface area (Å²) in [5.74, 6) is 0.204. The third kappa shape index (κ3) is 6.71. The molecule has 3 rings (SSSR count). The van der Waals surface area contributed by atoms with E-state index < -0.39 is 5.97 Å². The predicted octanol–water partition coefficient (Wildman–Crippen LogP) is 5.70. The number of anilines is 3. The van der Waals surface area contributed by atoms with Crippen LogP contribution in [0.1, 0.15) is 69.9 Å². The van der Waals surface area contributed by atoms with Crippen molar-refractivity contribution < 1.29 is 14.6 Å². The molecule has 7 nitrogen and oxygen atoms in total. The number of hydrogen-bond donors (Lipinski definition) is 2. The first-order valence-corrected chi connectivity index (χ1v) is 12.1. The van der Waals surface area contributed by atoms with Gasteiger partial charge in [-0.25, -0.2) is 4.98 Å². The average Bonchev–Trinajstić information content (AvgIpc) is 2.82. The number of aromatic nitrogens is 1. The van der Waals surface area contributed by atoms with Crippen LogP contribution in [0.4, 0.5) is 17.2 Å². The van der Waals surface area contributed by atoms with Crippen molar-refractivity contribution in [2.24, 2.45) is 5.92 Å². The maximum absolute atomic E-state index is 11.3. The molecule has 0 saturated heterocycles. The molecule has 0 amide bonds. The molecule has 1 fully saturated rings. The summed E-state index contributed by atoms with van der Waals surface area (Å²) in [6.45, 7) is 7.31. The highest BCUT2D eigenvalue weighted by atomic mass is 16.5. The zero-order valence-corrected chi connectivity index (χ0v) is 20.6. The molecule has 1 heterocycles. The summed E-state index contributed by atoms with van der Waals surface area (Å²) in [7, 11) is 1.79. The molecule has 0 aliphatic heterocycles. The van der Waals surface area contributed by atoms with Crippen molar-refractivity contribution >= 4 is 23.2 Å². The number of carbonyl (C=O) groups is 1. The maximum atomic E-state index is 11.3. The van der Waals surface area contributed by atoms with E-state index >= 15 is 0 Å². The average molecular weight is 465 g/mol. The Morgan fingerprint density at radius 2 is 1.97 bits per heavy atom. The highest BCUT2D eigenvalue weighted by molar-refractivity contribution is 5.76. The Kier molecular flexibility index (Phi) is 8.89. The standard InChI is InChI=1S/C27H36N4O3/c1-18(2)17-31(22-7-9-23(34-4)10-8-22)25-11-6-21(19(3)13-27(32)33)14-24(25)30-26-12-5-20(15-28)16-29-26/h5-6,11-12,14,16,18-19,22-23H,7-10,13,17H2,1-4H3,(H,29,30)(H,32,33)/t19-,22?,23?/m1/s1. The van der Waals surface area contributed by atoms with Crippen LogP contribution in [-0.2, 0) is 9.53 Å². The minimum absolute atomic E-state index is 0.0741. The number of pyridine rings is 1. The topological polar surface area (TPSA) is 98.5 Å². The number of aliphatic carboxylic acids is 1. The van der Waals surface area contributed by atoms with Crippen molar-refractivity contribution in [2.75, 3.05) is 23.9 Å². The molecule has 7 heteroatoms. The number of nitriles is 1. The van der Waals surface area contributed by atoms with Gasteiger partial charge in [-0.2, -0.15) is 5.26 Å². The first-order valence-electron chi connectivity index (χ1n) is 12.1. The van der Waals surface area contributed by atoms with Crippen molar-refractivity contribution in [1.29, 1.82) is 5.26 Å². The summed E-state index contributed by atoms with van der Waals surface area (Å²) in [4.78, 5) is 18.2. The fourth-order valence-corrected chi connectivity index (χ4v) is 4.69.